The molecule has 3 nitrogen and oxygen atoms in total. The Kier molecular flexibility index (Phi) is 8.17. The summed E-state index contributed by atoms with van der Waals surface area (Å²) in [7, 11) is 0. The van der Waals surface area contributed by atoms with Crippen LogP contribution in [0.1, 0.15) is 0 Å². The van der Waals surface area contributed by atoms with Gasteiger partial charge in [0.1, 0.15) is 11.2 Å². The molecule has 0 radical (unpaired) electrons. The van der Waals surface area contributed by atoms with Gasteiger partial charge in [0, 0.05) is 49.7 Å². The lowest BCUT2D eigenvalue weighted by molar-refractivity contribution is 0.670. The molecule has 0 fully saturated rings. The number of furan rings is 1. The van der Waals surface area contributed by atoms with Gasteiger partial charge in [0.25, 0.3) is 0 Å². The Morgan fingerprint density at radius 1 is 0.328 bits per heavy atom. The molecular weight excluding hydrogens is 741 g/mol. The summed E-state index contributed by atoms with van der Waals surface area (Å²) in [6.45, 7) is 0. The minimum atomic E-state index is 0.906. The molecule has 0 amide bonds. The Bertz CT molecular complexity index is 3540. The van der Waals surface area contributed by atoms with Crippen molar-refractivity contribution in [2.45, 2.75) is 0 Å². The van der Waals surface area contributed by atoms with Crippen molar-refractivity contribution >= 4 is 71.6 Å². The summed E-state index contributed by atoms with van der Waals surface area (Å²) < 4.78 is 8.83. The molecule has 2 heterocycles. The predicted molar refractivity (Wildman–Crippen MR) is 257 cm³/mol. The van der Waals surface area contributed by atoms with Crippen LogP contribution in [0.4, 0.5) is 17.1 Å². The highest BCUT2D eigenvalue weighted by molar-refractivity contribution is 6.11. The number of para-hydroxylation sites is 5. The average Bonchev–Trinajstić information content (AvgIpc) is 3.88. The van der Waals surface area contributed by atoms with Crippen LogP contribution in [0.5, 0.6) is 0 Å². The van der Waals surface area contributed by atoms with Gasteiger partial charge in [0.05, 0.1) is 16.7 Å². The fourth-order valence-corrected chi connectivity index (χ4v) is 9.29. The van der Waals surface area contributed by atoms with Crippen molar-refractivity contribution in [1.82, 2.24) is 4.57 Å². The van der Waals surface area contributed by atoms with E-state index >= 15 is 0 Å². The largest absolute Gasteiger partial charge is 0.455 e. The van der Waals surface area contributed by atoms with E-state index in [2.05, 4.69) is 228 Å². The smallest absolute Gasteiger partial charge is 0.143 e. The standard InChI is InChI=1S/C58H38N2O/c1-2-14-43-38-47(36-29-39(43)13-1)59(46-34-30-41(31-35-46)49-21-12-22-53-52-20-6-10-26-57(52)61-58(49)53)45-32-27-40(28-33-45)42-15-11-16-44(37-42)48-17-3-7-23-54(48)60-55-24-8-4-18-50(55)51-19-5-9-25-56(51)60/h1-38H. The van der Waals surface area contributed by atoms with Crippen molar-refractivity contribution in [3.8, 4) is 39.1 Å². The van der Waals surface area contributed by atoms with E-state index < -0.39 is 0 Å². The van der Waals surface area contributed by atoms with Crippen LogP contribution in [0.25, 0.3) is 93.6 Å². The van der Waals surface area contributed by atoms with Gasteiger partial charge in [-0.15, -0.1) is 0 Å². The first-order valence-corrected chi connectivity index (χ1v) is 20.8. The summed E-state index contributed by atoms with van der Waals surface area (Å²) in [5.74, 6) is 0. The Balaban J connectivity index is 0.922. The second-order valence-corrected chi connectivity index (χ2v) is 15.7. The van der Waals surface area contributed by atoms with Gasteiger partial charge in [-0.25, -0.2) is 0 Å². The second kappa shape index (κ2) is 14.3. The normalized spacial score (nSPS) is 11.6. The summed E-state index contributed by atoms with van der Waals surface area (Å²) in [5.41, 5.74) is 15.5. The van der Waals surface area contributed by atoms with E-state index in [9.17, 15) is 0 Å². The first-order valence-electron chi connectivity index (χ1n) is 20.8. The molecule has 2 aromatic heterocycles. The molecule has 10 aromatic carbocycles. The maximum Gasteiger partial charge on any atom is 0.143 e. The van der Waals surface area contributed by atoms with Crippen LogP contribution < -0.4 is 4.90 Å². The molecule has 0 atom stereocenters. The van der Waals surface area contributed by atoms with Crippen LogP contribution in [0.2, 0.25) is 0 Å². The van der Waals surface area contributed by atoms with Crippen molar-refractivity contribution in [1.29, 1.82) is 0 Å². The molecule has 61 heavy (non-hydrogen) atoms. The van der Waals surface area contributed by atoms with Gasteiger partial charge in [-0.1, -0.05) is 164 Å². The third-order valence-electron chi connectivity index (χ3n) is 12.2. The zero-order valence-corrected chi connectivity index (χ0v) is 33.2. The van der Waals surface area contributed by atoms with Crippen LogP contribution >= 0.6 is 0 Å². The van der Waals surface area contributed by atoms with Crippen LogP contribution in [-0.4, -0.2) is 4.57 Å². The fourth-order valence-electron chi connectivity index (χ4n) is 9.29. The Morgan fingerprint density at radius 3 is 1.66 bits per heavy atom. The van der Waals surface area contributed by atoms with Gasteiger partial charge in [-0.05, 0) is 99.8 Å². The molecule has 0 aliphatic heterocycles. The first-order chi connectivity index (χ1) is 30.2. The third-order valence-corrected chi connectivity index (χ3v) is 12.2. The quantitative estimate of drug-likeness (QED) is 0.161. The highest BCUT2D eigenvalue weighted by Gasteiger charge is 2.18. The van der Waals surface area contributed by atoms with E-state index in [4.69, 9.17) is 4.42 Å². The number of rotatable bonds is 7. The van der Waals surface area contributed by atoms with Gasteiger partial charge in [0.2, 0.25) is 0 Å². The summed E-state index contributed by atoms with van der Waals surface area (Å²) in [6, 6.07) is 82.9. The van der Waals surface area contributed by atoms with Gasteiger partial charge >= 0.3 is 0 Å². The molecule has 0 bridgehead atoms. The molecule has 12 aromatic rings. The second-order valence-electron chi connectivity index (χ2n) is 15.7. The van der Waals surface area contributed by atoms with Crippen molar-refractivity contribution in [3.63, 3.8) is 0 Å². The molecule has 3 heteroatoms. The lowest BCUT2D eigenvalue weighted by Gasteiger charge is -2.26. The van der Waals surface area contributed by atoms with Crippen LogP contribution in [0, 0.1) is 0 Å². The van der Waals surface area contributed by atoms with Crippen molar-refractivity contribution in [3.05, 3.63) is 231 Å². The Hall–Kier alpha value is -8.14. The van der Waals surface area contributed by atoms with Crippen molar-refractivity contribution in [2.75, 3.05) is 4.90 Å². The monoisotopic (exact) mass is 778 g/mol. The minimum absolute atomic E-state index is 0.906. The number of hydrogen-bond donors (Lipinski definition) is 0. The van der Waals surface area contributed by atoms with Crippen LogP contribution in [0.3, 0.4) is 0 Å². The van der Waals surface area contributed by atoms with E-state index in [0.29, 0.717) is 0 Å². The zero-order valence-electron chi connectivity index (χ0n) is 33.2. The number of hydrogen-bond acceptors (Lipinski definition) is 2. The maximum atomic E-state index is 6.42. The lowest BCUT2D eigenvalue weighted by Crippen LogP contribution is -2.09. The van der Waals surface area contributed by atoms with Crippen LogP contribution in [0.15, 0.2) is 235 Å². The summed E-state index contributed by atoms with van der Waals surface area (Å²) in [6.07, 6.45) is 0. The summed E-state index contributed by atoms with van der Waals surface area (Å²) >= 11 is 0. The van der Waals surface area contributed by atoms with E-state index in [0.717, 1.165) is 55.7 Å². The van der Waals surface area contributed by atoms with E-state index in [1.165, 1.54) is 55.0 Å². The Labute approximate surface area is 353 Å². The minimum Gasteiger partial charge on any atom is -0.455 e. The average molecular weight is 779 g/mol. The van der Waals surface area contributed by atoms with Crippen LogP contribution in [-0.2, 0) is 0 Å². The molecule has 0 aliphatic carbocycles. The molecular formula is C58H38N2O. The first kappa shape index (κ1) is 34.9. The third kappa shape index (κ3) is 5.90. The number of fused-ring (bicyclic) bond motifs is 7. The molecule has 12 rings (SSSR count). The van der Waals surface area contributed by atoms with Crippen molar-refractivity contribution in [2.24, 2.45) is 0 Å². The topological polar surface area (TPSA) is 21.3 Å². The lowest BCUT2D eigenvalue weighted by atomic mass is 9.97. The van der Waals surface area contributed by atoms with Gasteiger partial charge in [-0.2, -0.15) is 0 Å². The molecule has 0 unspecified atom stereocenters. The molecule has 0 saturated heterocycles. The number of aromatic nitrogens is 1. The highest BCUT2D eigenvalue weighted by Crippen LogP contribution is 2.41. The molecule has 0 spiro atoms. The highest BCUT2D eigenvalue weighted by atomic mass is 16.3. The molecule has 0 aliphatic rings. The number of nitrogens with zero attached hydrogens (tertiary/aromatic N) is 2. The number of benzene rings is 10. The SMILES string of the molecule is c1cc(-c2ccc(N(c3ccc(-c4cccc5c4oc4ccccc45)cc3)c3ccc4ccccc4c3)cc2)cc(-c2ccccc2-n2c3ccccc3c3ccccc32)c1. The molecule has 0 saturated carbocycles. The molecule has 0 N–H and O–H groups in total. The van der Waals surface area contributed by atoms with Gasteiger partial charge < -0.3 is 13.9 Å². The summed E-state index contributed by atoms with van der Waals surface area (Å²) in [5, 5.41) is 7.21. The molecule has 286 valence electrons. The van der Waals surface area contributed by atoms with Gasteiger partial charge in [0.15, 0.2) is 0 Å². The fraction of sp³-hybridized carbons (Fsp3) is 0. The van der Waals surface area contributed by atoms with Crippen molar-refractivity contribution < 1.29 is 4.42 Å². The summed E-state index contributed by atoms with van der Waals surface area (Å²) in [4.78, 5) is 2.35. The number of anilines is 3. The van der Waals surface area contributed by atoms with E-state index in [1.807, 2.05) is 12.1 Å². The zero-order chi connectivity index (χ0) is 40.3. The van der Waals surface area contributed by atoms with Gasteiger partial charge in [-0.3, -0.25) is 0 Å². The van der Waals surface area contributed by atoms with E-state index in [-0.39, 0.29) is 0 Å². The maximum absolute atomic E-state index is 6.42. The van der Waals surface area contributed by atoms with E-state index in [1.54, 1.807) is 0 Å². The predicted octanol–water partition coefficient (Wildman–Crippen LogP) is 16.3. The Morgan fingerprint density at radius 2 is 0.885 bits per heavy atom.